The van der Waals surface area contributed by atoms with Crippen LogP contribution in [-0.2, 0) is 14.8 Å². The Kier molecular flexibility index (Phi) is 10.9. The van der Waals surface area contributed by atoms with Gasteiger partial charge in [0.25, 0.3) is 5.91 Å². The number of rotatable bonds is 8. The molecule has 2 fully saturated rings. The van der Waals surface area contributed by atoms with Crippen molar-refractivity contribution < 1.29 is 22.7 Å². The Labute approximate surface area is 260 Å². The molecule has 0 aliphatic carbocycles. The first kappa shape index (κ1) is 32.2. The van der Waals surface area contributed by atoms with E-state index in [1.807, 2.05) is 18.2 Å². The first-order valence-corrected chi connectivity index (χ1v) is 16.2. The number of benzene rings is 2. The third-order valence-corrected chi connectivity index (χ3v) is 10.5. The normalized spacial score (nSPS) is 16.7. The number of piperazine rings is 2. The van der Waals surface area contributed by atoms with E-state index >= 15 is 0 Å². The fourth-order valence-corrected chi connectivity index (χ4v) is 7.62. The Balaban J connectivity index is 0.00000405. The highest BCUT2D eigenvalue weighted by atomic mass is 35.5. The van der Waals surface area contributed by atoms with E-state index in [4.69, 9.17) is 21.3 Å². The number of thiazole rings is 1. The van der Waals surface area contributed by atoms with Gasteiger partial charge < -0.3 is 19.9 Å². The van der Waals surface area contributed by atoms with Crippen LogP contribution in [0.25, 0.3) is 10.2 Å². The number of aromatic nitrogens is 1. The van der Waals surface area contributed by atoms with Crippen molar-refractivity contribution in [2.24, 2.45) is 0 Å². The molecule has 5 rings (SSSR count). The van der Waals surface area contributed by atoms with Crippen LogP contribution in [0.1, 0.15) is 17.3 Å². The number of anilines is 1. The Hall–Kier alpha value is -2.68. The minimum atomic E-state index is -3.73. The van der Waals surface area contributed by atoms with Crippen LogP contribution in [0, 0.1) is 0 Å². The van der Waals surface area contributed by atoms with Crippen LogP contribution in [0.4, 0.5) is 9.93 Å². The van der Waals surface area contributed by atoms with E-state index in [1.54, 1.807) is 18.3 Å². The molecule has 1 aromatic heterocycles. The van der Waals surface area contributed by atoms with Crippen LogP contribution in [-0.4, -0.2) is 112 Å². The molecular weight excluding hydrogens is 623 g/mol. The molecule has 3 heterocycles. The maximum atomic E-state index is 13.1. The predicted octanol–water partition coefficient (Wildman–Crippen LogP) is 3.39. The van der Waals surface area contributed by atoms with Crippen LogP contribution in [0.5, 0.6) is 0 Å². The fraction of sp³-hybridized carbons (Fsp3) is 0.444. The number of sulfonamides is 1. The zero-order chi connectivity index (χ0) is 29.0. The molecule has 228 valence electrons. The monoisotopic (exact) mass is 656 g/mol. The number of nitrogens with one attached hydrogen (secondary N) is 1. The summed E-state index contributed by atoms with van der Waals surface area (Å²) in [5.74, 6) is -0.248. The Bertz CT molecular complexity index is 1490. The molecule has 0 bridgehead atoms. The highest BCUT2D eigenvalue weighted by Gasteiger charge is 2.30. The molecule has 0 saturated carbocycles. The van der Waals surface area contributed by atoms with Gasteiger partial charge in [0.05, 0.1) is 21.2 Å². The van der Waals surface area contributed by atoms with Crippen LogP contribution in [0.15, 0.2) is 47.4 Å². The molecular formula is C27H34Cl2N6O5S2. The summed E-state index contributed by atoms with van der Waals surface area (Å²) < 4.78 is 33.5. The minimum absolute atomic E-state index is 0. The fourth-order valence-electron chi connectivity index (χ4n) is 4.88. The summed E-state index contributed by atoms with van der Waals surface area (Å²) in [6.45, 7) is 7.53. The van der Waals surface area contributed by atoms with Gasteiger partial charge >= 0.3 is 6.09 Å². The molecule has 0 spiro atoms. The van der Waals surface area contributed by atoms with Gasteiger partial charge in [-0.1, -0.05) is 29.0 Å². The van der Waals surface area contributed by atoms with E-state index in [9.17, 15) is 18.0 Å². The largest absolute Gasteiger partial charge is 0.450 e. The quantitative estimate of drug-likeness (QED) is 0.392. The first-order chi connectivity index (χ1) is 19.8. The summed E-state index contributed by atoms with van der Waals surface area (Å²) in [6.07, 6.45) is -0.433. The van der Waals surface area contributed by atoms with Gasteiger partial charge in [0.2, 0.25) is 10.0 Å². The van der Waals surface area contributed by atoms with Gasteiger partial charge in [-0.05, 0) is 43.3 Å². The van der Waals surface area contributed by atoms with Crippen molar-refractivity contribution in [3.63, 3.8) is 0 Å². The molecule has 0 unspecified atom stereocenters. The number of halogens is 2. The molecule has 2 aromatic carbocycles. The molecule has 15 heteroatoms. The van der Waals surface area contributed by atoms with Crippen molar-refractivity contribution >= 4 is 72.7 Å². The second-order valence-corrected chi connectivity index (χ2v) is 13.1. The zero-order valence-corrected chi connectivity index (χ0v) is 26.4. The van der Waals surface area contributed by atoms with E-state index in [-0.39, 0.29) is 56.0 Å². The summed E-state index contributed by atoms with van der Waals surface area (Å²) in [4.78, 5) is 35.5. The lowest BCUT2D eigenvalue weighted by atomic mass is 10.2. The second kappa shape index (κ2) is 14.2. The molecule has 11 nitrogen and oxygen atoms in total. The average Bonchev–Trinajstić information content (AvgIpc) is 3.44. The lowest BCUT2D eigenvalue weighted by Crippen LogP contribution is -2.50. The summed E-state index contributed by atoms with van der Waals surface area (Å²) in [5, 5.41) is 4.58. The number of carbonyl (C=O) groups excluding carboxylic acids is 2. The molecule has 2 aliphatic rings. The summed E-state index contributed by atoms with van der Waals surface area (Å²) in [7, 11) is -3.73. The van der Waals surface area contributed by atoms with E-state index in [0.717, 1.165) is 48.1 Å². The third-order valence-electron chi connectivity index (χ3n) is 7.23. The van der Waals surface area contributed by atoms with E-state index < -0.39 is 16.1 Å². The number of nitrogens with zero attached hydrogens (tertiary/aromatic N) is 5. The van der Waals surface area contributed by atoms with Crippen LogP contribution < -0.4 is 10.2 Å². The highest BCUT2D eigenvalue weighted by Crippen LogP contribution is 2.33. The Morgan fingerprint density at radius 3 is 2.33 bits per heavy atom. The lowest BCUT2D eigenvalue weighted by molar-refractivity contribution is 0.0932. The van der Waals surface area contributed by atoms with Crippen molar-refractivity contribution in [2.75, 3.05) is 77.0 Å². The van der Waals surface area contributed by atoms with Crippen LogP contribution in [0.2, 0.25) is 5.02 Å². The molecule has 42 heavy (non-hydrogen) atoms. The van der Waals surface area contributed by atoms with Gasteiger partial charge in [-0.2, -0.15) is 4.31 Å². The number of fused-ring (bicyclic) bond motifs is 1. The lowest BCUT2D eigenvalue weighted by Gasteiger charge is -2.34. The van der Waals surface area contributed by atoms with E-state index in [0.29, 0.717) is 17.1 Å². The van der Waals surface area contributed by atoms with Crippen LogP contribution >= 0.6 is 35.3 Å². The summed E-state index contributed by atoms with van der Waals surface area (Å²) >= 11 is 7.93. The average molecular weight is 658 g/mol. The topological polar surface area (TPSA) is 115 Å². The zero-order valence-electron chi connectivity index (χ0n) is 23.2. The number of para-hydroxylation sites is 1. The molecule has 0 radical (unpaired) electrons. The molecule has 1 N–H and O–H groups in total. The van der Waals surface area contributed by atoms with Crippen molar-refractivity contribution in [2.45, 2.75) is 11.8 Å². The SMILES string of the molecule is CCOC(=O)N1CCN(S(=O)(=O)c2ccc(C(=O)NCCN3CCN(c4nc5c(Cl)cccc5s4)CC3)cc2)CC1.Cl. The second-order valence-electron chi connectivity index (χ2n) is 9.78. The molecule has 2 saturated heterocycles. The van der Waals surface area contributed by atoms with Gasteiger partial charge in [-0.25, -0.2) is 18.2 Å². The van der Waals surface area contributed by atoms with Crippen LogP contribution in [0.3, 0.4) is 0 Å². The number of hydrogen-bond donors (Lipinski definition) is 1. The van der Waals surface area contributed by atoms with Gasteiger partial charge in [0.1, 0.15) is 5.52 Å². The standard InChI is InChI=1S/C27H33ClN6O5S2.ClH/c1-2-39-27(36)33-16-18-34(19-17-33)41(37,38)21-8-6-20(7-9-21)25(35)29-10-11-31-12-14-32(15-13-31)26-30-24-22(28)4-3-5-23(24)40-26;/h3-9H,2,10-19H2,1H3,(H,29,35);1H. The molecule has 3 aromatic rings. The third kappa shape index (κ3) is 7.26. The predicted molar refractivity (Wildman–Crippen MR) is 167 cm³/mol. The maximum Gasteiger partial charge on any atom is 0.409 e. The van der Waals surface area contributed by atoms with Crippen molar-refractivity contribution in [1.82, 2.24) is 24.4 Å². The van der Waals surface area contributed by atoms with E-state index in [1.165, 1.54) is 33.5 Å². The van der Waals surface area contributed by atoms with Gasteiger partial charge in [0, 0.05) is 71.0 Å². The Morgan fingerprint density at radius 2 is 1.69 bits per heavy atom. The van der Waals surface area contributed by atoms with E-state index in [2.05, 4.69) is 15.1 Å². The first-order valence-electron chi connectivity index (χ1n) is 13.6. The van der Waals surface area contributed by atoms with Gasteiger partial charge in [-0.15, -0.1) is 12.4 Å². The number of hydrogen-bond acceptors (Lipinski definition) is 9. The molecule has 2 amide bonds. The smallest absolute Gasteiger partial charge is 0.409 e. The van der Waals surface area contributed by atoms with Gasteiger partial charge in [0.15, 0.2) is 5.13 Å². The minimum Gasteiger partial charge on any atom is -0.450 e. The van der Waals surface area contributed by atoms with Gasteiger partial charge in [-0.3, -0.25) is 9.69 Å². The number of ether oxygens (including phenoxy) is 1. The number of carbonyl (C=O) groups is 2. The number of amides is 2. The Morgan fingerprint density at radius 1 is 1.00 bits per heavy atom. The molecule has 0 atom stereocenters. The highest BCUT2D eigenvalue weighted by molar-refractivity contribution is 7.89. The van der Waals surface area contributed by atoms with Crippen molar-refractivity contribution in [3.05, 3.63) is 53.1 Å². The molecule has 2 aliphatic heterocycles. The summed E-state index contributed by atoms with van der Waals surface area (Å²) in [5.41, 5.74) is 1.24. The van der Waals surface area contributed by atoms with Crippen molar-refractivity contribution in [1.29, 1.82) is 0 Å². The van der Waals surface area contributed by atoms with Crippen molar-refractivity contribution in [3.8, 4) is 0 Å². The summed E-state index contributed by atoms with van der Waals surface area (Å²) in [6, 6.07) is 11.8. The maximum absolute atomic E-state index is 13.1.